The molecule has 22 heavy (non-hydrogen) atoms. The second-order valence-electron chi connectivity index (χ2n) is 4.74. The van der Waals surface area contributed by atoms with Crippen LogP contribution < -0.4 is 5.32 Å². The summed E-state index contributed by atoms with van der Waals surface area (Å²) in [6, 6.07) is 13.2. The number of aromatic nitrogens is 2. The van der Waals surface area contributed by atoms with Crippen LogP contribution in [0.1, 0.15) is 10.5 Å². The highest BCUT2D eigenvalue weighted by Crippen LogP contribution is 2.25. The number of benzene rings is 1. The summed E-state index contributed by atoms with van der Waals surface area (Å²) in [6.07, 6.45) is 1.59. The van der Waals surface area contributed by atoms with Gasteiger partial charge in [0.25, 0.3) is 5.91 Å². The number of amides is 1. The first-order chi connectivity index (χ1) is 10.8. The van der Waals surface area contributed by atoms with E-state index >= 15 is 0 Å². The minimum Gasteiger partial charge on any atom is -0.463 e. The van der Waals surface area contributed by atoms with Crippen LogP contribution in [0.4, 0.5) is 5.13 Å². The van der Waals surface area contributed by atoms with Crippen LogP contribution >= 0.6 is 11.3 Å². The number of hydrogen-bond acceptors (Lipinski definition) is 4. The molecule has 5 nitrogen and oxygen atoms in total. The number of nitrogens with zero attached hydrogens (tertiary/aromatic N) is 1. The quantitative estimate of drug-likeness (QED) is 0.597. The van der Waals surface area contributed by atoms with E-state index in [1.165, 1.54) is 11.3 Å². The van der Waals surface area contributed by atoms with Gasteiger partial charge in [-0.1, -0.05) is 18.2 Å². The number of nitrogens with one attached hydrogen (secondary N) is 2. The van der Waals surface area contributed by atoms with Crippen molar-refractivity contribution in [3.63, 3.8) is 0 Å². The molecule has 1 aromatic carbocycles. The highest BCUT2D eigenvalue weighted by molar-refractivity contribution is 7.14. The summed E-state index contributed by atoms with van der Waals surface area (Å²) in [5.41, 5.74) is 2.15. The summed E-state index contributed by atoms with van der Waals surface area (Å²) in [4.78, 5) is 19.7. The average molecular weight is 309 g/mol. The summed E-state index contributed by atoms with van der Waals surface area (Å²) in [7, 11) is 0. The van der Waals surface area contributed by atoms with Crippen LogP contribution in [0.15, 0.2) is 58.5 Å². The van der Waals surface area contributed by atoms with Crippen molar-refractivity contribution < 1.29 is 9.21 Å². The molecule has 0 atom stereocenters. The van der Waals surface area contributed by atoms with E-state index in [0.717, 1.165) is 10.9 Å². The Kier molecular flexibility index (Phi) is 3.01. The van der Waals surface area contributed by atoms with E-state index in [1.54, 1.807) is 12.3 Å². The molecule has 0 aliphatic carbocycles. The zero-order valence-electron chi connectivity index (χ0n) is 11.4. The molecule has 1 amide bonds. The number of para-hydroxylation sites is 1. The standard InChI is InChI=1S/C16H11N3O2S/c20-15(12-8-10-4-1-2-5-11(10)17-12)19-16-18-13(9-22-16)14-6-3-7-21-14/h1-9,17H,(H,18,19,20). The van der Waals surface area contributed by atoms with Crippen LogP contribution in [0.25, 0.3) is 22.4 Å². The van der Waals surface area contributed by atoms with Gasteiger partial charge in [0.05, 0.1) is 6.26 Å². The Morgan fingerprint density at radius 3 is 2.95 bits per heavy atom. The van der Waals surface area contributed by atoms with Crippen LogP contribution in [0.3, 0.4) is 0 Å². The van der Waals surface area contributed by atoms with Gasteiger partial charge in [-0.3, -0.25) is 10.1 Å². The lowest BCUT2D eigenvalue weighted by atomic mass is 10.2. The molecule has 0 saturated heterocycles. The monoisotopic (exact) mass is 309 g/mol. The van der Waals surface area contributed by atoms with Crippen LogP contribution in [0.2, 0.25) is 0 Å². The molecule has 108 valence electrons. The molecule has 4 rings (SSSR count). The summed E-state index contributed by atoms with van der Waals surface area (Å²) in [5, 5.41) is 6.18. The second kappa shape index (κ2) is 5.16. The number of rotatable bonds is 3. The number of H-pyrrole nitrogens is 1. The number of anilines is 1. The molecule has 0 aliphatic heterocycles. The number of aromatic amines is 1. The van der Waals surface area contributed by atoms with E-state index < -0.39 is 0 Å². The number of carbonyl (C=O) groups excluding carboxylic acids is 1. The SMILES string of the molecule is O=C(Nc1nc(-c2ccco2)cs1)c1cc2ccccc2[nH]1. The summed E-state index contributed by atoms with van der Waals surface area (Å²) in [6.45, 7) is 0. The smallest absolute Gasteiger partial charge is 0.273 e. The Morgan fingerprint density at radius 2 is 2.14 bits per heavy atom. The topological polar surface area (TPSA) is 70.9 Å². The highest BCUT2D eigenvalue weighted by Gasteiger charge is 2.13. The van der Waals surface area contributed by atoms with Gasteiger partial charge in [-0.25, -0.2) is 4.98 Å². The number of hydrogen-bond donors (Lipinski definition) is 2. The van der Waals surface area contributed by atoms with Crippen molar-refractivity contribution in [1.29, 1.82) is 0 Å². The van der Waals surface area contributed by atoms with Gasteiger partial charge >= 0.3 is 0 Å². The normalized spacial score (nSPS) is 10.9. The molecule has 2 N–H and O–H groups in total. The molecule has 0 spiro atoms. The zero-order chi connectivity index (χ0) is 14.9. The molecule has 0 fully saturated rings. The minimum absolute atomic E-state index is 0.212. The fourth-order valence-corrected chi connectivity index (χ4v) is 2.92. The molecule has 0 bridgehead atoms. The van der Waals surface area contributed by atoms with Gasteiger partial charge in [0.2, 0.25) is 0 Å². The van der Waals surface area contributed by atoms with Crippen molar-refractivity contribution in [2.24, 2.45) is 0 Å². The van der Waals surface area contributed by atoms with Crippen molar-refractivity contribution in [3.05, 3.63) is 59.8 Å². The van der Waals surface area contributed by atoms with E-state index in [4.69, 9.17) is 4.42 Å². The molecule has 0 aliphatic rings. The summed E-state index contributed by atoms with van der Waals surface area (Å²) < 4.78 is 5.29. The van der Waals surface area contributed by atoms with Crippen LogP contribution in [-0.2, 0) is 0 Å². The molecular formula is C16H11N3O2S. The Bertz CT molecular complexity index is 904. The van der Waals surface area contributed by atoms with E-state index in [-0.39, 0.29) is 5.91 Å². The first-order valence-corrected chi connectivity index (χ1v) is 7.56. The summed E-state index contributed by atoms with van der Waals surface area (Å²) >= 11 is 1.36. The van der Waals surface area contributed by atoms with Crippen molar-refractivity contribution in [2.45, 2.75) is 0 Å². The van der Waals surface area contributed by atoms with Gasteiger partial charge in [0.1, 0.15) is 11.4 Å². The first kappa shape index (κ1) is 12.8. The molecule has 0 unspecified atom stereocenters. The van der Waals surface area contributed by atoms with Crippen molar-refractivity contribution >= 4 is 33.3 Å². The minimum atomic E-state index is -0.212. The van der Waals surface area contributed by atoms with Gasteiger partial charge in [-0.2, -0.15) is 0 Å². The largest absolute Gasteiger partial charge is 0.463 e. The van der Waals surface area contributed by atoms with Gasteiger partial charge in [0, 0.05) is 16.3 Å². The molecule has 3 heterocycles. The maximum atomic E-state index is 12.3. The van der Waals surface area contributed by atoms with Crippen molar-refractivity contribution in [1.82, 2.24) is 9.97 Å². The zero-order valence-corrected chi connectivity index (χ0v) is 12.2. The third kappa shape index (κ3) is 2.29. The fraction of sp³-hybridized carbons (Fsp3) is 0. The third-order valence-electron chi connectivity index (χ3n) is 3.27. The predicted octanol–water partition coefficient (Wildman–Crippen LogP) is 4.14. The van der Waals surface area contributed by atoms with Crippen LogP contribution in [-0.4, -0.2) is 15.9 Å². The fourth-order valence-electron chi connectivity index (χ4n) is 2.23. The van der Waals surface area contributed by atoms with E-state index in [0.29, 0.717) is 22.3 Å². The third-order valence-corrected chi connectivity index (χ3v) is 4.03. The Hall–Kier alpha value is -2.86. The van der Waals surface area contributed by atoms with E-state index in [1.807, 2.05) is 41.8 Å². The number of carbonyl (C=O) groups is 1. The maximum Gasteiger partial charge on any atom is 0.273 e. The second-order valence-corrected chi connectivity index (χ2v) is 5.60. The number of thiazole rings is 1. The lowest BCUT2D eigenvalue weighted by Gasteiger charge is -1.98. The summed E-state index contributed by atoms with van der Waals surface area (Å²) in [5.74, 6) is 0.471. The van der Waals surface area contributed by atoms with Crippen molar-refractivity contribution in [3.8, 4) is 11.5 Å². The molecule has 6 heteroatoms. The van der Waals surface area contributed by atoms with Gasteiger partial charge in [0.15, 0.2) is 10.9 Å². The van der Waals surface area contributed by atoms with Gasteiger partial charge in [-0.05, 0) is 24.3 Å². The molecule has 0 saturated carbocycles. The maximum absolute atomic E-state index is 12.3. The molecule has 3 aromatic heterocycles. The Balaban J connectivity index is 1.56. The van der Waals surface area contributed by atoms with Gasteiger partial charge in [-0.15, -0.1) is 11.3 Å². The van der Waals surface area contributed by atoms with Crippen LogP contribution in [0.5, 0.6) is 0 Å². The lowest BCUT2D eigenvalue weighted by Crippen LogP contribution is -2.11. The first-order valence-electron chi connectivity index (χ1n) is 6.68. The van der Waals surface area contributed by atoms with Crippen LogP contribution in [0, 0.1) is 0 Å². The molecule has 0 radical (unpaired) electrons. The predicted molar refractivity (Wildman–Crippen MR) is 86.1 cm³/mol. The molecular weight excluding hydrogens is 298 g/mol. The van der Waals surface area contributed by atoms with Crippen molar-refractivity contribution in [2.75, 3.05) is 5.32 Å². The van der Waals surface area contributed by atoms with Gasteiger partial charge < -0.3 is 9.40 Å². The highest BCUT2D eigenvalue weighted by atomic mass is 32.1. The number of fused-ring (bicyclic) bond motifs is 1. The Morgan fingerprint density at radius 1 is 1.23 bits per heavy atom. The average Bonchev–Trinajstić information content (AvgIpc) is 3.26. The van der Waals surface area contributed by atoms with E-state index in [9.17, 15) is 4.79 Å². The Labute approximate surface area is 129 Å². The van der Waals surface area contributed by atoms with E-state index in [2.05, 4.69) is 15.3 Å². The number of furan rings is 1. The lowest BCUT2D eigenvalue weighted by molar-refractivity contribution is 0.102. The molecule has 4 aromatic rings.